The molecule has 0 aliphatic rings. The molecule has 0 fully saturated rings. The molecule has 0 spiro atoms. The van der Waals surface area contributed by atoms with E-state index in [-0.39, 0.29) is 21.7 Å². The number of fused-ring (bicyclic) bond motifs is 2. The molecule has 0 aliphatic heterocycles. The van der Waals surface area contributed by atoms with Crippen molar-refractivity contribution in [3.05, 3.63) is 83.6 Å². The third-order valence-corrected chi connectivity index (χ3v) is 17.0. The van der Waals surface area contributed by atoms with Crippen molar-refractivity contribution in [2.24, 2.45) is 0 Å². The van der Waals surface area contributed by atoms with Crippen molar-refractivity contribution in [2.75, 3.05) is 18.1 Å². The van der Waals surface area contributed by atoms with Gasteiger partial charge >= 0.3 is 0 Å². The Morgan fingerprint density at radius 3 is 2.31 bits per heavy atom. The van der Waals surface area contributed by atoms with Crippen LogP contribution in [0.2, 0.25) is 16.6 Å². The van der Waals surface area contributed by atoms with Gasteiger partial charge in [0, 0.05) is 23.7 Å². The SMILES string of the molecule is CSc1ncc2c(NCCc3cccc(S(=O)(=O)O)c3)nc(-c3cccc4ccc(F)c(C#C[Si](C(C)C)(C(C)C)C(C)C)c34)c(F)c2n1. The molecule has 7 nitrogen and oxygen atoms in total. The average Bonchev–Trinajstić information content (AvgIpc) is 3.05. The zero-order chi connectivity index (χ0) is 35.7. The van der Waals surface area contributed by atoms with E-state index in [9.17, 15) is 13.0 Å². The highest BCUT2D eigenvalue weighted by Crippen LogP contribution is 2.42. The Morgan fingerprint density at radius 1 is 0.959 bits per heavy atom. The second kappa shape index (κ2) is 14.5. The molecule has 2 aromatic heterocycles. The third-order valence-electron chi connectivity index (χ3n) is 9.27. The van der Waals surface area contributed by atoms with E-state index in [1.165, 1.54) is 36.2 Å². The van der Waals surface area contributed by atoms with Crippen LogP contribution >= 0.6 is 11.8 Å². The summed E-state index contributed by atoms with van der Waals surface area (Å²) in [7, 11) is -6.59. The number of aromatic nitrogens is 3. The van der Waals surface area contributed by atoms with Crippen LogP contribution in [0.15, 0.2) is 70.8 Å². The second-order valence-electron chi connectivity index (χ2n) is 13.0. The van der Waals surface area contributed by atoms with Crippen LogP contribution in [0.3, 0.4) is 0 Å². The molecule has 0 amide bonds. The zero-order valence-corrected chi connectivity index (χ0v) is 31.2. The number of anilines is 1. The fraction of sp³-hybridized carbons (Fsp3) is 0.324. The Labute approximate surface area is 292 Å². The fourth-order valence-electron chi connectivity index (χ4n) is 6.91. The van der Waals surface area contributed by atoms with Gasteiger partial charge in [0.05, 0.1) is 15.8 Å². The number of rotatable bonds is 10. The van der Waals surface area contributed by atoms with Gasteiger partial charge < -0.3 is 5.32 Å². The predicted molar refractivity (Wildman–Crippen MR) is 198 cm³/mol. The second-order valence-corrected chi connectivity index (χ2v) is 20.8. The van der Waals surface area contributed by atoms with Crippen molar-refractivity contribution in [1.29, 1.82) is 0 Å². The van der Waals surface area contributed by atoms with Crippen molar-refractivity contribution in [3.8, 4) is 22.7 Å². The molecular weight excluding hydrogens is 679 g/mol. The first-order valence-corrected chi connectivity index (χ1v) is 21.0. The van der Waals surface area contributed by atoms with E-state index in [0.29, 0.717) is 67.8 Å². The molecule has 0 saturated heterocycles. The number of halogens is 2. The van der Waals surface area contributed by atoms with Crippen molar-refractivity contribution in [2.45, 2.75) is 74.6 Å². The Hall–Kier alpha value is -3.89. The minimum Gasteiger partial charge on any atom is -0.369 e. The van der Waals surface area contributed by atoms with Gasteiger partial charge in [-0.1, -0.05) is 95.6 Å². The van der Waals surface area contributed by atoms with Gasteiger partial charge in [-0.2, -0.15) is 8.42 Å². The number of benzene rings is 3. The maximum absolute atomic E-state index is 16.7. The van der Waals surface area contributed by atoms with E-state index in [2.05, 4.69) is 68.3 Å². The minimum absolute atomic E-state index is 0.00605. The summed E-state index contributed by atoms with van der Waals surface area (Å²) in [6.45, 7) is 13.5. The lowest BCUT2D eigenvalue weighted by atomic mass is 9.96. The summed E-state index contributed by atoms with van der Waals surface area (Å²) in [5, 5.41) is 5.18. The molecule has 5 aromatic rings. The predicted octanol–water partition coefficient (Wildman–Crippen LogP) is 9.32. The van der Waals surface area contributed by atoms with Gasteiger partial charge in [-0.15, -0.1) is 5.54 Å². The fourth-order valence-corrected chi connectivity index (χ4v) is 13.0. The van der Waals surface area contributed by atoms with E-state index < -0.39 is 29.8 Å². The van der Waals surface area contributed by atoms with E-state index in [1.807, 2.05) is 6.07 Å². The zero-order valence-electron chi connectivity index (χ0n) is 28.6. The molecule has 0 atom stereocenters. The third kappa shape index (κ3) is 7.22. The number of hydrogen-bond donors (Lipinski definition) is 2. The number of nitrogens with one attached hydrogen (secondary N) is 1. The number of hydrogen-bond acceptors (Lipinski definition) is 7. The number of thioether (sulfide) groups is 1. The molecular formula is C37H40F2N4O3S2Si. The van der Waals surface area contributed by atoms with Crippen molar-refractivity contribution in [1.82, 2.24) is 15.0 Å². The Kier molecular flexibility index (Phi) is 10.8. The van der Waals surface area contributed by atoms with Crippen LogP contribution < -0.4 is 5.32 Å². The monoisotopic (exact) mass is 718 g/mol. The Bertz CT molecular complexity index is 2200. The largest absolute Gasteiger partial charge is 0.369 e. The van der Waals surface area contributed by atoms with E-state index in [0.717, 1.165) is 0 Å². The van der Waals surface area contributed by atoms with Gasteiger partial charge in [0.1, 0.15) is 30.9 Å². The summed E-state index contributed by atoms with van der Waals surface area (Å²) < 4.78 is 65.3. The van der Waals surface area contributed by atoms with Gasteiger partial charge in [-0.3, -0.25) is 4.55 Å². The van der Waals surface area contributed by atoms with Crippen LogP contribution in [0, 0.1) is 23.1 Å². The maximum atomic E-state index is 16.7. The molecule has 0 saturated carbocycles. The summed E-state index contributed by atoms with van der Waals surface area (Å²) >= 11 is 1.28. The molecule has 2 N–H and O–H groups in total. The van der Waals surface area contributed by atoms with Crippen LogP contribution in [0.4, 0.5) is 14.6 Å². The van der Waals surface area contributed by atoms with Crippen LogP contribution in [-0.2, 0) is 16.5 Å². The van der Waals surface area contributed by atoms with Gasteiger partial charge in [-0.05, 0) is 58.4 Å². The topological polar surface area (TPSA) is 105 Å². The summed E-state index contributed by atoms with van der Waals surface area (Å²) in [4.78, 5) is 13.4. The van der Waals surface area contributed by atoms with Gasteiger partial charge in [0.25, 0.3) is 10.1 Å². The normalized spacial score (nSPS) is 12.3. The van der Waals surface area contributed by atoms with Gasteiger partial charge in [-0.25, -0.2) is 23.7 Å². The first-order valence-electron chi connectivity index (χ1n) is 16.1. The summed E-state index contributed by atoms with van der Waals surface area (Å²) in [6.07, 6.45) is 3.69. The Morgan fingerprint density at radius 2 is 1.65 bits per heavy atom. The maximum Gasteiger partial charge on any atom is 0.294 e. The molecule has 3 aromatic carbocycles. The highest BCUT2D eigenvalue weighted by atomic mass is 32.2. The van der Waals surface area contributed by atoms with Crippen molar-refractivity contribution in [3.63, 3.8) is 0 Å². The lowest BCUT2D eigenvalue weighted by Crippen LogP contribution is -2.43. The molecule has 0 bridgehead atoms. The molecule has 12 heteroatoms. The highest BCUT2D eigenvalue weighted by molar-refractivity contribution is 7.98. The lowest BCUT2D eigenvalue weighted by Gasteiger charge is -2.38. The summed E-state index contributed by atoms with van der Waals surface area (Å²) in [6, 6.07) is 14.5. The smallest absolute Gasteiger partial charge is 0.294 e. The summed E-state index contributed by atoms with van der Waals surface area (Å²) in [5.74, 6) is 2.46. The molecule has 256 valence electrons. The van der Waals surface area contributed by atoms with Crippen LogP contribution in [0.25, 0.3) is 32.9 Å². The first-order chi connectivity index (χ1) is 23.2. The molecule has 0 radical (unpaired) electrons. The number of nitrogens with zero attached hydrogens (tertiary/aromatic N) is 3. The standard InChI is InChI=1S/C37H40F2N4O3S2Si/c1-22(2)49(23(3)4,24(5)6)19-17-28-31(38)15-14-26-11-9-13-29(32(26)28)34-33(39)35-30(21-41-37(43-35)47-7)36(42-34)40-18-16-25-10-8-12-27(20-25)48(44,45)46/h8-15,20-24H,16,18H2,1-7H3,(H,40,42)(H,44,45,46). The Balaban J connectivity index is 1.69. The van der Waals surface area contributed by atoms with Gasteiger partial charge in [0.2, 0.25) is 0 Å². The lowest BCUT2D eigenvalue weighted by molar-refractivity contribution is 0.483. The van der Waals surface area contributed by atoms with Crippen LogP contribution in [0.1, 0.15) is 52.7 Å². The first kappa shape index (κ1) is 36.4. The van der Waals surface area contributed by atoms with Crippen LogP contribution in [0.5, 0.6) is 0 Å². The number of pyridine rings is 1. The molecule has 0 aliphatic carbocycles. The summed E-state index contributed by atoms with van der Waals surface area (Å²) in [5.41, 5.74) is 5.97. The minimum atomic E-state index is -4.36. The van der Waals surface area contributed by atoms with Crippen molar-refractivity contribution < 1.29 is 21.8 Å². The molecule has 0 unspecified atom stereocenters. The highest BCUT2D eigenvalue weighted by Gasteiger charge is 2.41. The quantitative estimate of drug-likeness (QED) is 0.0484. The van der Waals surface area contributed by atoms with E-state index in [1.54, 1.807) is 36.6 Å². The van der Waals surface area contributed by atoms with Gasteiger partial charge in [0.15, 0.2) is 11.0 Å². The van der Waals surface area contributed by atoms with Crippen LogP contribution in [-0.4, -0.2) is 48.8 Å². The molecule has 2 heterocycles. The molecule has 49 heavy (non-hydrogen) atoms. The average molecular weight is 719 g/mol. The van der Waals surface area contributed by atoms with Crippen molar-refractivity contribution >= 4 is 57.4 Å². The molecule has 5 rings (SSSR count). The van der Waals surface area contributed by atoms with E-state index in [4.69, 9.17) is 4.98 Å². The van der Waals surface area contributed by atoms with E-state index >= 15 is 8.78 Å².